The van der Waals surface area contributed by atoms with Crippen LogP contribution in [0.5, 0.6) is 0 Å². The van der Waals surface area contributed by atoms with Crippen LogP contribution in [0.25, 0.3) is 0 Å². The van der Waals surface area contributed by atoms with Gasteiger partial charge >= 0.3 is 0 Å². The number of thiophene rings is 1. The van der Waals surface area contributed by atoms with Gasteiger partial charge in [-0.2, -0.15) is 5.10 Å². The van der Waals surface area contributed by atoms with Gasteiger partial charge < -0.3 is 5.11 Å². The summed E-state index contributed by atoms with van der Waals surface area (Å²) in [6.07, 6.45) is 4.35. The number of hydrogen-bond acceptors (Lipinski definition) is 3. The lowest BCUT2D eigenvalue weighted by atomic mass is 10.1. The monoisotopic (exact) mass is 292 g/mol. The highest BCUT2D eigenvalue weighted by molar-refractivity contribution is 7.12. The van der Waals surface area contributed by atoms with E-state index in [-0.39, 0.29) is 0 Å². The quantitative estimate of drug-likeness (QED) is 0.866. The Labute approximate surface area is 125 Å². The molecule has 2 heterocycles. The third kappa shape index (κ3) is 3.30. The van der Waals surface area contributed by atoms with E-state index in [0.29, 0.717) is 12.5 Å². The molecule has 1 unspecified atom stereocenters. The molecule has 3 nitrogen and oxygen atoms in total. The van der Waals surface area contributed by atoms with Gasteiger partial charge in [0.05, 0.1) is 17.8 Å². The highest BCUT2D eigenvalue weighted by Gasteiger charge is 2.15. The topological polar surface area (TPSA) is 38.0 Å². The van der Waals surface area contributed by atoms with Crippen molar-refractivity contribution in [3.8, 4) is 0 Å². The summed E-state index contributed by atoms with van der Waals surface area (Å²) in [7, 11) is 0. The standard InChI is InChI=1S/C16H24N2OS/c1-5-14(6-2)18-8-7-13(17-18)10-15(19)16-9-11(3)12(4)20-16/h7-9,14-15,19H,5-6,10H2,1-4H3. The number of hydrogen-bond donors (Lipinski definition) is 1. The van der Waals surface area contributed by atoms with Gasteiger partial charge in [-0.05, 0) is 44.4 Å². The van der Waals surface area contributed by atoms with Gasteiger partial charge in [-0.25, -0.2) is 0 Å². The normalized spacial score (nSPS) is 13.1. The van der Waals surface area contributed by atoms with E-state index in [0.717, 1.165) is 23.4 Å². The number of rotatable bonds is 6. The Hall–Kier alpha value is -1.13. The Kier molecular flexibility index (Phi) is 5.00. The first-order valence-electron chi connectivity index (χ1n) is 7.34. The van der Waals surface area contributed by atoms with Gasteiger partial charge in [0.1, 0.15) is 0 Å². The summed E-state index contributed by atoms with van der Waals surface area (Å²) in [4.78, 5) is 2.32. The summed E-state index contributed by atoms with van der Waals surface area (Å²) < 4.78 is 2.03. The van der Waals surface area contributed by atoms with Crippen molar-refractivity contribution in [2.75, 3.05) is 0 Å². The van der Waals surface area contributed by atoms with E-state index in [4.69, 9.17) is 0 Å². The first kappa shape index (κ1) is 15.3. The molecule has 2 aromatic rings. The zero-order valence-electron chi connectivity index (χ0n) is 12.8. The van der Waals surface area contributed by atoms with Crippen molar-refractivity contribution in [2.45, 2.75) is 59.1 Å². The molecule has 1 atom stereocenters. The molecule has 1 N–H and O–H groups in total. The first-order valence-corrected chi connectivity index (χ1v) is 8.15. The number of aryl methyl sites for hydroxylation is 2. The van der Waals surface area contributed by atoms with Gasteiger partial charge in [0.15, 0.2) is 0 Å². The van der Waals surface area contributed by atoms with Crippen molar-refractivity contribution < 1.29 is 5.11 Å². The third-order valence-corrected chi connectivity index (χ3v) is 5.15. The molecular weight excluding hydrogens is 268 g/mol. The van der Waals surface area contributed by atoms with Crippen molar-refractivity contribution >= 4 is 11.3 Å². The van der Waals surface area contributed by atoms with Crippen LogP contribution < -0.4 is 0 Å². The van der Waals surface area contributed by atoms with Crippen molar-refractivity contribution in [2.24, 2.45) is 0 Å². The summed E-state index contributed by atoms with van der Waals surface area (Å²) >= 11 is 1.68. The maximum Gasteiger partial charge on any atom is 0.0938 e. The molecule has 0 radical (unpaired) electrons. The van der Waals surface area contributed by atoms with Gasteiger partial charge in [-0.3, -0.25) is 4.68 Å². The van der Waals surface area contributed by atoms with Crippen molar-refractivity contribution in [3.05, 3.63) is 39.3 Å². The lowest BCUT2D eigenvalue weighted by Crippen LogP contribution is -2.08. The largest absolute Gasteiger partial charge is 0.387 e. The number of nitrogens with zero attached hydrogens (tertiary/aromatic N) is 2. The number of aliphatic hydroxyl groups is 1. The summed E-state index contributed by atoms with van der Waals surface area (Å²) in [6, 6.07) is 4.57. The molecular formula is C16H24N2OS. The van der Waals surface area contributed by atoms with E-state index in [1.165, 1.54) is 10.4 Å². The second-order valence-corrected chi connectivity index (χ2v) is 6.65. The SMILES string of the molecule is CCC(CC)n1ccc(CC(O)c2cc(C)c(C)s2)n1. The smallest absolute Gasteiger partial charge is 0.0938 e. The predicted octanol–water partition coefficient (Wildman–Crippen LogP) is 4.20. The number of aliphatic hydroxyl groups excluding tert-OH is 1. The van der Waals surface area contributed by atoms with Gasteiger partial charge in [-0.1, -0.05) is 13.8 Å². The van der Waals surface area contributed by atoms with Gasteiger partial charge in [0, 0.05) is 22.4 Å². The van der Waals surface area contributed by atoms with Crippen molar-refractivity contribution in [1.82, 2.24) is 9.78 Å². The zero-order chi connectivity index (χ0) is 14.7. The maximum atomic E-state index is 10.3. The molecule has 0 aromatic carbocycles. The Morgan fingerprint density at radius 3 is 2.55 bits per heavy atom. The fourth-order valence-electron chi connectivity index (χ4n) is 2.42. The van der Waals surface area contributed by atoms with Crippen molar-refractivity contribution in [3.63, 3.8) is 0 Å². The first-order chi connectivity index (χ1) is 9.55. The fourth-order valence-corrected chi connectivity index (χ4v) is 3.45. The van der Waals surface area contributed by atoms with Crippen LogP contribution in [0.2, 0.25) is 0 Å². The summed E-state index contributed by atoms with van der Waals surface area (Å²) in [6.45, 7) is 8.55. The van der Waals surface area contributed by atoms with Crippen LogP contribution in [-0.4, -0.2) is 14.9 Å². The molecule has 0 aliphatic heterocycles. The van der Waals surface area contributed by atoms with E-state index >= 15 is 0 Å². The van der Waals surface area contributed by atoms with Crippen molar-refractivity contribution in [1.29, 1.82) is 0 Å². The molecule has 0 bridgehead atoms. The highest BCUT2D eigenvalue weighted by Crippen LogP contribution is 2.28. The van der Waals surface area contributed by atoms with Crippen LogP contribution in [0.15, 0.2) is 18.3 Å². The van der Waals surface area contributed by atoms with E-state index in [2.05, 4.69) is 38.9 Å². The molecule has 2 rings (SSSR count). The van der Waals surface area contributed by atoms with E-state index in [9.17, 15) is 5.11 Å². The van der Waals surface area contributed by atoms with Crippen LogP contribution >= 0.6 is 11.3 Å². The molecule has 110 valence electrons. The molecule has 0 spiro atoms. The second kappa shape index (κ2) is 6.55. The van der Waals surface area contributed by atoms with Crippen LogP contribution in [0, 0.1) is 13.8 Å². The fraction of sp³-hybridized carbons (Fsp3) is 0.562. The third-order valence-electron chi connectivity index (χ3n) is 3.90. The molecule has 0 aliphatic rings. The van der Waals surface area contributed by atoms with E-state index in [1.807, 2.05) is 16.9 Å². The summed E-state index contributed by atoms with van der Waals surface area (Å²) in [5, 5.41) is 14.9. The minimum Gasteiger partial charge on any atom is -0.387 e. The van der Waals surface area contributed by atoms with Crippen LogP contribution in [0.4, 0.5) is 0 Å². The van der Waals surface area contributed by atoms with Gasteiger partial charge in [-0.15, -0.1) is 11.3 Å². The molecule has 0 fully saturated rings. The minimum atomic E-state index is -0.447. The Bertz CT molecular complexity index is 535. The van der Waals surface area contributed by atoms with Crippen LogP contribution in [-0.2, 0) is 6.42 Å². The average molecular weight is 292 g/mol. The van der Waals surface area contributed by atoms with Crippen LogP contribution in [0.3, 0.4) is 0 Å². The predicted molar refractivity (Wildman–Crippen MR) is 84.3 cm³/mol. The van der Waals surface area contributed by atoms with E-state index in [1.54, 1.807) is 11.3 Å². The molecule has 0 saturated carbocycles. The molecule has 0 amide bonds. The summed E-state index contributed by atoms with van der Waals surface area (Å²) in [5.41, 5.74) is 2.22. The molecule has 0 saturated heterocycles. The minimum absolute atomic E-state index is 0.447. The Morgan fingerprint density at radius 2 is 2.00 bits per heavy atom. The summed E-state index contributed by atoms with van der Waals surface area (Å²) in [5.74, 6) is 0. The average Bonchev–Trinajstić information content (AvgIpc) is 3.00. The molecule has 0 aliphatic carbocycles. The van der Waals surface area contributed by atoms with Crippen LogP contribution in [0.1, 0.15) is 59.8 Å². The maximum absolute atomic E-state index is 10.3. The molecule has 2 aromatic heterocycles. The number of aromatic nitrogens is 2. The second-order valence-electron chi connectivity index (χ2n) is 5.37. The highest BCUT2D eigenvalue weighted by atomic mass is 32.1. The molecule has 20 heavy (non-hydrogen) atoms. The lowest BCUT2D eigenvalue weighted by molar-refractivity contribution is 0.180. The molecule has 4 heteroatoms. The Balaban J connectivity index is 2.06. The Morgan fingerprint density at radius 1 is 1.30 bits per heavy atom. The van der Waals surface area contributed by atoms with E-state index < -0.39 is 6.10 Å². The lowest BCUT2D eigenvalue weighted by Gasteiger charge is -2.12. The van der Waals surface area contributed by atoms with Gasteiger partial charge in [0.25, 0.3) is 0 Å². The van der Waals surface area contributed by atoms with Gasteiger partial charge in [0.2, 0.25) is 0 Å². The zero-order valence-corrected chi connectivity index (χ0v) is 13.6.